The maximum absolute atomic E-state index is 12.8. The van der Waals surface area contributed by atoms with Crippen molar-refractivity contribution in [2.45, 2.75) is 37.6 Å². The maximum Gasteiger partial charge on any atom is 0.244 e. The molecule has 1 saturated carbocycles. The van der Waals surface area contributed by atoms with Crippen molar-refractivity contribution < 1.29 is 17.9 Å². The lowest BCUT2D eigenvalue weighted by Gasteiger charge is -2.20. The summed E-state index contributed by atoms with van der Waals surface area (Å²) < 4.78 is 33.8. The van der Waals surface area contributed by atoms with Gasteiger partial charge in [-0.1, -0.05) is 6.07 Å². The minimum absolute atomic E-state index is 0.00438. The molecule has 1 amide bonds. The Morgan fingerprint density at radius 1 is 1.29 bits per heavy atom. The van der Waals surface area contributed by atoms with Gasteiger partial charge in [0, 0.05) is 26.1 Å². The van der Waals surface area contributed by atoms with Gasteiger partial charge in [-0.25, -0.2) is 13.1 Å². The Hall–Kier alpha value is -1.60. The molecule has 0 spiro atoms. The molecule has 0 aromatic heterocycles. The average Bonchev–Trinajstić information content (AvgIpc) is 3.27. The lowest BCUT2D eigenvalue weighted by molar-refractivity contribution is -0.128. The molecule has 1 saturated heterocycles. The standard InChI is InChI=1S/C17H24N2O4S/c1-11-4-7-17(16(8-11)23-3)24(21,22)18-15-10-19(12(2)20)9-14(15)13-5-6-13/h4,7-8,13-15,18H,5-6,9-10H2,1-3H3/t14-,15+/m1/s1. The second kappa shape index (κ2) is 6.37. The van der Waals surface area contributed by atoms with Gasteiger partial charge in [-0.2, -0.15) is 0 Å². The number of aryl methyl sites for hydroxylation is 1. The zero-order valence-corrected chi connectivity index (χ0v) is 15.1. The molecule has 0 radical (unpaired) electrons. The van der Waals surface area contributed by atoms with Crippen LogP contribution >= 0.6 is 0 Å². The van der Waals surface area contributed by atoms with Gasteiger partial charge in [0.2, 0.25) is 15.9 Å². The summed E-state index contributed by atoms with van der Waals surface area (Å²) in [6.45, 7) is 4.49. The summed E-state index contributed by atoms with van der Waals surface area (Å²) in [5.41, 5.74) is 0.935. The predicted molar refractivity (Wildman–Crippen MR) is 90.3 cm³/mol. The van der Waals surface area contributed by atoms with Crippen molar-refractivity contribution in [3.05, 3.63) is 23.8 Å². The lowest BCUT2D eigenvalue weighted by Crippen LogP contribution is -2.41. The van der Waals surface area contributed by atoms with E-state index in [1.165, 1.54) is 14.0 Å². The Labute approximate surface area is 143 Å². The summed E-state index contributed by atoms with van der Waals surface area (Å²) in [4.78, 5) is 13.6. The molecular formula is C17H24N2O4S. The number of carbonyl (C=O) groups is 1. The Kier molecular flexibility index (Phi) is 4.57. The highest BCUT2D eigenvalue weighted by atomic mass is 32.2. The highest BCUT2D eigenvalue weighted by Gasteiger charge is 2.44. The van der Waals surface area contributed by atoms with Crippen molar-refractivity contribution in [2.24, 2.45) is 11.8 Å². The van der Waals surface area contributed by atoms with Crippen LogP contribution in [0.2, 0.25) is 0 Å². The van der Waals surface area contributed by atoms with Crippen molar-refractivity contribution in [3.63, 3.8) is 0 Å². The predicted octanol–water partition coefficient (Wildman–Crippen LogP) is 1.54. The molecule has 2 aliphatic rings. The third kappa shape index (κ3) is 3.42. The quantitative estimate of drug-likeness (QED) is 0.872. The lowest BCUT2D eigenvalue weighted by atomic mass is 9.99. The number of sulfonamides is 1. The summed E-state index contributed by atoms with van der Waals surface area (Å²) in [6, 6.07) is 4.80. The highest BCUT2D eigenvalue weighted by molar-refractivity contribution is 7.89. The smallest absolute Gasteiger partial charge is 0.244 e. The molecule has 2 atom stereocenters. The molecule has 1 aromatic carbocycles. The molecular weight excluding hydrogens is 328 g/mol. The minimum atomic E-state index is -3.70. The van der Waals surface area contributed by atoms with Gasteiger partial charge in [-0.15, -0.1) is 0 Å². The number of carbonyl (C=O) groups excluding carboxylic acids is 1. The van der Waals surface area contributed by atoms with Crippen LogP contribution in [0.3, 0.4) is 0 Å². The molecule has 1 aliphatic carbocycles. The Morgan fingerprint density at radius 2 is 2.00 bits per heavy atom. The number of hydrogen-bond acceptors (Lipinski definition) is 4. The summed E-state index contributed by atoms with van der Waals surface area (Å²) in [7, 11) is -2.24. The Bertz CT molecular complexity index is 743. The summed E-state index contributed by atoms with van der Waals surface area (Å²) in [5.74, 6) is 1.05. The average molecular weight is 352 g/mol. The first-order valence-corrected chi connectivity index (χ1v) is 9.72. The molecule has 6 nitrogen and oxygen atoms in total. The number of methoxy groups -OCH3 is 1. The maximum atomic E-state index is 12.8. The van der Waals surface area contributed by atoms with E-state index >= 15 is 0 Å². The first kappa shape index (κ1) is 17.2. The fraction of sp³-hybridized carbons (Fsp3) is 0.588. The van der Waals surface area contributed by atoms with E-state index in [1.54, 1.807) is 23.1 Å². The minimum Gasteiger partial charge on any atom is -0.495 e. The van der Waals surface area contributed by atoms with Crippen LogP contribution in [-0.4, -0.2) is 45.5 Å². The molecule has 1 aromatic rings. The molecule has 132 valence electrons. The van der Waals surface area contributed by atoms with Gasteiger partial charge in [-0.3, -0.25) is 4.79 Å². The van der Waals surface area contributed by atoms with Crippen molar-refractivity contribution in [1.29, 1.82) is 0 Å². The number of nitrogens with one attached hydrogen (secondary N) is 1. The molecule has 7 heteroatoms. The molecule has 24 heavy (non-hydrogen) atoms. The monoisotopic (exact) mass is 352 g/mol. The van der Waals surface area contributed by atoms with Crippen LogP contribution in [0.5, 0.6) is 5.75 Å². The van der Waals surface area contributed by atoms with Crippen molar-refractivity contribution >= 4 is 15.9 Å². The van der Waals surface area contributed by atoms with Gasteiger partial charge < -0.3 is 9.64 Å². The topological polar surface area (TPSA) is 75.7 Å². The number of nitrogens with zero attached hydrogens (tertiary/aromatic N) is 1. The van der Waals surface area contributed by atoms with Crippen LogP contribution in [0.1, 0.15) is 25.3 Å². The second-order valence-corrected chi connectivity index (χ2v) is 8.49. The number of hydrogen-bond donors (Lipinski definition) is 1. The van der Waals surface area contributed by atoms with E-state index < -0.39 is 10.0 Å². The van der Waals surface area contributed by atoms with Crippen LogP contribution in [0.25, 0.3) is 0 Å². The third-order valence-electron chi connectivity index (χ3n) is 4.95. The number of likely N-dealkylation sites (tertiary alicyclic amines) is 1. The van der Waals surface area contributed by atoms with Crippen LogP contribution in [0, 0.1) is 18.8 Å². The molecule has 0 bridgehead atoms. The number of rotatable bonds is 5. The zero-order valence-electron chi connectivity index (χ0n) is 14.3. The summed E-state index contributed by atoms with van der Waals surface area (Å²) in [5, 5.41) is 0. The first-order chi connectivity index (χ1) is 11.3. The normalized spacial score (nSPS) is 24.2. The van der Waals surface area contributed by atoms with Crippen LogP contribution in [0.15, 0.2) is 23.1 Å². The van der Waals surface area contributed by atoms with E-state index in [-0.39, 0.29) is 22.8 Å². The van der Waals surface area contributed by atoms with Crippen molar-refractivity contribution in [3.8, 4) is 5.75 Å². The van der Waals surface area contributed by atoms with Crippen LogP contribution in [-0.2, 0) is 14.8 Å². The SMILES string of the molecule is COc1cc(C)ccc1S(=O)(=O)N[C@H]1CN(C(C)=O)C[C@@H]1C1CC1. The van der Waals surface area contributed by atoms with Gasteiger partial charge in [0.05, 0.1) is 7.11 Å². The largest absolute Gasteiger partial charge is 0.495 e. The van der Waals surface area contributed by atoms with E-state index in [2.05, 4.69) is 4.72 Å². The molecule has 0 unspecified atom stereocenters. The Balaban J connectivity index is 1.84. The highest BCUT2D eigenvalue weighted by Crippen LogP contribution is 2.42. The zero-order chi connectivity index (χ0) is 17.5. The van der Waals surface area contributed by atoms with E-state index in [0.29, 0.717) is 24.8 Å². The van der Waals surface area contributed by atoms with Crippen LogP contribution in [0.4, 0.5) is 0 Å². The Morgan fingerprint density at radius 3 is 2.58 bits per heavy atom. The van der Waals surface area contributed by atoms with Gasteiger partial charge >= 0.3 is 0 Å². The van der Waals surface area contributed by atoms with Crippen molar-refractivity contribution in [1.82, 2.24) is 9.62 Å². The van der Waals surface area contributed by atoms with E-state index in [0.717, 1.165) is 18.4 Å². The van der Waals surface area contributed by atoms with Gasteiger partial charge in [0.25, 0.3) is 0 Å². The molecule has 3 rings (SSSR count). The first-order valence-electron chi connectivity index (χ1n) is 8.24. The second-order valence-electron chi connectivity index (χ2n) is 6.81. The van der Waals surface area contributed by atoms with Crippen molar-refractivity contribution in [2.75, 3.05) is 20.2 Å². The molecule has 2 fully saturated rings. The van der Waals surface area contributed by atoms with Crippen LogP contribution < -0.4 is 9.46 Å². The number of benzene rings is 1. The summed E-state index contributed by atoms with van der Waals surface area (Å²) in [6.07, 6.45) is 2.23. The van der Waals surface area contributed by atoms with Gasteiger partial charge in [0.15, 0.2) is 0 Å². The number of ether oxygens (including phenoxy) is 1. The summed E-state index contributed by atoms with van der Waals surface area (Å²) >= 11 is 0. The van der Waals surface area contributed by atoms with E-state index in [1.807, 2.05) is 6.92 Å². The van der Waals surface area contributed by atoms with Gasteiger partial charge in [-0.05, 0) is 49.3 Å². The van der Waals surface area contributed by atoms with E-state index in [9.17, 15) is 13.2 Å². The molecule has 1 N–H and O–H groups in total. The third-order valence-corrected chi connectivity index (χ3v) is 6.48. The fourth-order valence-electron chi connectivity index (χ4n) is 3.47. The fourth-order valence-corrected chi connectivity index (χ4v) is 4.90. The van der Waals surface area contributed by atoms with E-state index in [4.69, 9.17) is 4.74 Å². The molecule has 1 aliphatic heterocycles. The van der Waals surface area contributed by atoms with Gasteiger partial charge in [0.1, 0.15) is 10.6 Å². The number of amides is 1. The molecule has 1 heterocycles.